The van der Waals surface area contributed by atoms with Crippen molar-refractivity contribution in [1.82, 2.24) is 0 Å². The molecular weight excluding hydrogens is 555 g/mol. The van der Waals surface area contributed by atoms with E-state index in [9.17, 15) is 13.2 Å². The molecule has 0 amide bonds. The molecule has 0 aromatic heterocycles. The molecule has 3 heterocycles. The zero-order valence-corrected chi connectivity index (χ0v) is 23.9. The minimum absolute atomic E-state index is 0. The van der Waals surface area contributed by atoms with E-state index >= 15 is 0 Å². The van der Waals surface area contributed by atoms with Crippen LogP contribution >= 0.6 is 0 Å². The number of hydrogen-bond acceptors (Lipinski definition) is 4. The molecule has 6 rings (SSSR count). The summed E-state index contributed by atoms with van der Waals surface area (Å²) >= 11 is 0. The van der Waals surface area contributed by atoms with Gasteiger partial charge in [-0.15, -0.1) is 0 Å². The quantitative estimate of drug-likeness (QED) is 0.362. The Morgan fingerprint density at radius 1 is 0.976 bits per heavy atom. The van der Waals surface area contributed by atoms with Crippen LogP contribution in [0, 0.1) is 17.5 Å². The van der Waals surface area contributed by atoms with Crippen molar-refractivity contribution >= 4 is 5.70 Å². The minimum atomic E-state index is -1.46. The van der Waals surface area contributed by atoms with Crippen LogP contribution in [0.4, 0.5) is 13.2 Å². The van der Waals surface area contributed by atoms with E-state index in [2.05, 4.69) is 13.1 Å². The lowest BCUT2D eigenvalue weighted by atomic mass is 9.79. The highest BCUT2D eigenvalue weighted by Crippen LogP contribution is 2.43. The number of methoxy groups -OCH3 is 1. The van der Waals surface area contributed by atoms with Gasteiger partial charge in [0.05, 0.1) is 13.7 Å². The van der Waals surface area contributed by atoms with Gasteiger partial charge in [-0.25, -0.2) is 13.2 Å². The number of rotatable bonds is 9. The number of unbranched alkanes of at least 4 members (excludes halogenated alkanes) is 3. The number of fused-ring (bicyclic) bond motifs is 5. The zero-order valence-electron chi connectivity index (χ0n) is 23.1. The number of quaternary nitrogens is 1. The van der Waals surface area contributed by atoms with Gasteiger partial charge in [0.15, 0.2) is 29.0 Å². The van der Waals surface area contributed by atoms with Gasteiger partial charge >= 0.3 is 0 Å². The molecule has 0 bridgehead atoms. The molecule has 2 aromatic carbocycles. The number of hydrogen-bond donors (Lipinski definition) is 1. The first-order valence-corrected chi connectivity index (χ1v) is 13.9. The standard InChI is InChI=1S/C32H32F3NO4.ClH/c1-3-4-5-6-11-38-32-24-17-36-10-9-20-15-28-29(40-18-39-28)16-22(20)31(36)23(21(24)7-8-27(32)37-2)12-19-13-25(33)30(35)26(34)14-19;/h7-8,13-17,32H,3-6,9-12,18H2,1-2H3;1H. The minimum Gasteiger partial charge on any atom is -1.00 e. The monoisotopic (exact) mass is 587 g/mol. The van der Waals surface area contributed by atoms with Crippen molar-refractivity contribution in [3.05, 3.63) is 99.2 Å². The molecule has 9 heteroatoms. The largest absolute Gasteiger partial charge is 1.00 e. The Hall–Kier alpha value is -3.20. The van der Waals surface area contributed by atoms with E-state index in [-0.39, 0.29) is 25.6 Å². The molecule has 0 saturated heterocycles. The molecule has 1 aliphatic carbocycles. The SMILES string of the molecule is CCCCCCOC1C(OC)=CC=C2C1=C[NH+]1CCc3cc4c(cc3C1=C2Cc1cc(F)c(F)c(F)c1)OCO4.[Cl-]. The first-order chi connectivity index (χ1) is 19.5. The predicted molar refractivity (Wildman–Crippen MR) is 144 cm³/mol. The topological polar surface area (TPSA) is 41.4 Å². The number of nitrogens with one attached hydrogen (secondary N) is 1. The molecular formula is C32H33ClF3NO4. The van der Waals surface area contributed by atoms with E-state index in [0.717, 1.165) is 95.0 Å². The second-order valence-corrected chi connectivity index (χ2v) is 10.6. The lowest BCUT2D eigenvalue weighted by Gasteiger charge is -2.36. The van der Waals surface area contributed by atoms with E-state index in [1.807, 2.05) is 24.3 Å². The summed E-state index contributed by atoms with van der Waals surface area (Å²) in [6, 6.07) is 6.18. The number of benzene rings is 2. The Kier molecular flexibility index (Phi) is 8.82. The molecule has 0 saturated carbocycles. The predicted octanol–water partition coefficient (Wildman–Crippen LogP) is 2.56. The molecule has 2 unspecified atom stereocenters. The summed E-state index contributed by atoms with van der Waals surface area (Å²) in [5.41, 5.74) is 6.30. The Morgan fingerprint density at radius 3 is 2.46 bits per heavy atom. The third-order valence-corrected chi connectivity index (χ3v) is 8.02. The second-order valence-electron chi connectivity index (χ2n) is 10.6. The molecule has 5 nitrogen and oxygen atoms in total. The average Bonchev–Trinajstić information content (AvgIpc) is 3.41. The Labute approximate surface area is 244 Å². The lowest BCUT2D eigenvalue weighted by Crippen LogP contribution is -3.06. The summed E-state index contributed by atoms with van der Waals surface area (Å²) in [7, 11) is 1.64. The highest BCUT2D eigenvalue weighted by molar-refractivity contribution is 5.77. The van der Waals surface area contributed by atoms with Crippen LogP contribution in [0.15, 0.2) is 65.1 Å². The molecule has 3 aliphatic heterocycles. The smallest absolute Gasteiger partial charge is 0.231 e. The fraction of sp³-hybridized carbons (Fsp3) is 0.375. The summed E-state index contributed by atoms with van der Waals surface area (Å²) in [4.78, 5) is 1.12. The van der Waals surface area contributed by atoms with Gasteiger partial charge in [-0.2, -0.15) is 0 Å². The third kappa shape index (κ3) is 5.53. The first-order valence-electron chi connectivity index (χ1n) is 13.9. The molecule has 0 spiro atoms. The van der Waals surface area contributed by atoms with E-state index < -0.39 is 23.6 Å². The van der Waals surface area contributed by atoms with Crippen molar-refractivity contribution < 1.29 is 49.4 Å². The molecule has 1 N–H and O–H groups in total. The van der Waals surface area contributed by atoms with Crippen LogP contribution in [0.5, 0.6) is 11.5 Å². The second kappa shape index (κ2) is 12.3. The molecule has 4 aliphatic rings. The van der Waals surface area contributed by atoms with Gasteiger partial charge in [-0.05, 0) is 53.5 Å². The summed E-state index contributed by atoms with van der Waals surface area (Å²) in [5.74, 6) is -1.75. The van der Waals surface area contributed by atoms with Crippen LogP contribution in [0.1, 0.15) is 49.3 Å². The van der Waals surface area contributed by atoms with Crippen LogP contribution in [-0.4, -0.2) is 33.2 Å². The maximum Gasteiger partial charge on any atom is 0.231 e. The average molecular weight is 588 g/mol. The molecule has 41 heavy (non-hydrogen) atoms. The summed E-state index contributed by atoms with van der Waals surface area (Å²) in [5, 5.41) is 0. The van der Waals surface area contributed by atoms with Crippen molar-refractivity contribution in [1.29, 1.82) is 0 Å². The van der Waals surface area contributed by atoms with Gasteiger partial charge < -0.3 is 31.4 Å². The first kappa shape index (κ1) is 29.3. The van der Waals surface area contributed by atoms with Crippen LogP contribution < -0.4 is 26.8 Å². The van der Waals surface area contributed by atoms with Crippen LogP contribution in [-0.2, 0) is 22.3 Å². The van der Waals surface area contributed by atoms with Crippen molar-refractivity contribution in [2.75, 3.05) is 27.1 Å². The fourth-order valence-corrected chi connectivity index (χ4v) is 6.06. The van der Waals surface area contributed by atoms with Gasteiger partial charge in [-0.1, -0.05) is 32.3 Å². The Morgan fingerprint density at radius 2 is 1.73 bits per heavy atom. The van der Waals surface area contributed by atoms with Crippen LogP contribution in [0.2, 0.25) is 0 Å². The number of allylic oxidation sites excluding steroid dienone is 3. The maximum atomic E-state index is 14.3. The Bertz CT molecular complexity index is 1440. The van der Waals surface area contributed by atoms with E-state index in [1.165, 1.54) is 0 Å². The van der Waals surface area contributed by atoms with Crippen molar-refractivity contribution in [2.24, 2.45) is 0 Å². The van der Waals surface area contributed by atoms with Crippen molar-refractivity contribution in [3.63, 3.8) is 0 Å². The molecule has 218 valence electrons. The fourth-order valence-electron chi connectivity index (χ4n) is 6.06. The highest BCUT2D eigenvalue weighted by atomic mass is 35.5. The van der Waals surface area contributed by atoms with Crippen LogP contribution in [0.25, 0.3) is 5.70 Å². The van der Waals surface area contributed by atoms with E-state index in [0.29, 0.717) is 23.7 Å². The maximum absolute atomic E-state index is 14.3. The molecule has 0 radical (unpaired) electrons. The van der Waals surface area contributed by atoms with Gasteiger partial charge in [0.2, 0.25) is 6.79 Å². The normalized spacial score (nSPS) is 20.3. The summed E-state index contributed by atoms with van der Waals surface area (Å²) in [6.07, 6.45) is 11.1. The van der Waals surface area contributed by atoms with Crippen molar-refractivity contribution in [3.8, 4) is 11.5 Å². The van der Waals surface area contributed by atoms with E-state index in [1.54, 1.807) is 7.11 Å². The Balaban J connectivity index is 0.00000337. The van der Waals surface area contributed by atoms with Gasteiger partial charge in [0, 0.05) is 36.2 Å². The number of ether oxygens (including phenoxy) is 4. The van der Waals surface area contributed by atoms with Gasteiger partial charge in [0.25, 0.3) is 0 Å². The molecule has 2 aromatic rings. The third-order valence-electron chi connectivity index (χ3n) is 8.02. The lowest BCUT2D eigenvalue weighted by molar-refractivity contribution is -0.771. The van der Waals surface area contributed by atoms with Crippen molar-refractivity contribution in [2.45, 2.75) is 51.6 Å². The van der Waals surface area contributed by atoms with E-state index in [4.69, 9.17) is 18.9 Å². The highest BCUT2D eigenvalue weighted by Gasteiger charge is 2.40. The summed E-state index contributed by atoms with van der Waals surface area (Å²) < 4.78 is 65.9. The van der Waals surface area contributed by atoms with Gasteiger partial charge in [0.1, 0.15) is 23.8 Å². The number of halogens is 4. The van der Waals surface area contributed by atoms with Crippen LogP contribution in [0.3, 0.4) is 0 Å². The molecule has 0 fully saturated rings. The molecule has 2 atom stereocenters. The summed E-state index contributed by atoms with van der Waals surface area (Å²) in [6.45, 7) is 3.72. The van der Waals surface area contributed by atoms with Gasteiger partial charge in [-0.3, -0.25) is 4.90 Å². The zero-order chi connectivity index (χ0) is 27.8.